The Labute approximate surface area is 113 Å². The lowest BCUT2D eigenvalue weighted by Crippen LogP contribution is -2.33. The Hall–Kier alpha value is -1.53. The molecule has 0 saturated carbocycles. The molecular formula is C13H19BO5. The second-order valence-electron chi connectivity index (χ2n) is 4.76. The molecule has 1 rings (SSSR count). The molecule has 0 unspecified atom stereocenters. The summed E-state index contributed by atoms with van der Waals surface area (Å²) in [4.78, 5) is 10.9. The molecule has 0 saturated heterocycles. The van der Waals surface area contributed by atoms with Crippen LogP contribution in [0.5, 0.6) is 11.5 Å². The Kier molecular flexibility index (Phi) is 5.38. The molecular weight excluding hydrogens is 247 g/mol. The van der Waals surface area contributed by atoms with E-state index in [1.54, 1.807) is 0 Å². The monoisotopic (exact) mass is 266 g/mol. The summed E-state index contributed by atoms with van der Waals surface area (Å²) < 4.78 is 11.2. The standard InChI is InChI=1S/C13H19BO5/c1-8(2)18-12-6-10(7-15)5-11(14(16)17)13(12)19-9(3)4/h5-9,16-17H,1-4H3. The van der Waals surface area contributed by atoms with Crippen LogP contribution >= 0.6 is 0 Å². The topological polar surface area (TPSA) is 76.0 Å². The lowest BCUT2D eigenvalue weighted by molar-refractivity contribution is 0.112. The van der Waals surface area contributed by atoms with Crippen LogP contribution in [0.25, 0.3) is 0 Å². The van der Waals surface area contributed by atoms with Crippen LogP contribution in [0, 0.1) is 0 Å². The van der Waals surface area contributed by atoms with E-state index in [2.05, 4.69) is 0 Å². The summed E-state index contributed by atoms with van der Waals surface area (Å²) >= 11 is 0. The molecule has 0 heterocycles. The Morgan fingerprint density at radius 2 is 1.68 bits per heavy atom. The molecule has 0 aliphatic heterocycles. The first kappa shape index (κ1) is 15.5. The molecule has 5 nitrogen and oxygen atoms in total. The van der Waals surface area contributed by atoms with E-state index in [-0.39, 0.29) is 23.4 Å². The molecule has 2 N–H and O–H groups in total. The van der Waals surface area contributed by atoms with E-state index < -0.39 is 7.12 Å². The van der Waals surface area contributed by atoms with Gasteiger partial charge in [0.1, 0.15) is 6.29 Å². The Morgan fingerprint density at radius 1 is 1.11 bits per heavy atom. The minimum atomic E-state index is -1.73. The molecule has 0 amide bonds. The molecule has 104 valence electrons. The van der Waals surface area contributed by atoms with Crippen molar-refractivity contribution in [1.29, 1.82) is 0 Å². The fourth-order valence-electron chi connectivity index (χ4n) is 1.61. The van der Waals surface area contributed by atoms with Crippen molar-refractivity contribution in [1.82, 2.24) is 0 Å². The third-order valence-electron chi connectivity index (χ3n) is 2.24. The van der Waals surface area contributed by atoms with Crippen LogP contribution in [-0.2, 0) is 0 Å². The molecule has 0 aliphatic rings. The number of ether oxygens (including phenoxy) is 2. The van der Waals surface area contributed by atoms with Gasteiger partial charge in [-0.05, 0) is 39.8 Å². The van der Waals surface area contributed by atoms with Crippen molar-refractivity contribution in [3.8, 4) is 11.5 Å². The van der Waals surface area contributed by atoms with Gasteiger partial charge < -0.3 is 19.5 Å². The first-order chi connectivity index (χ1) is 8.85. The third kappa shape index (κ3) is 4.26. The van der Waals surface area contributed by atoms with Gasteiger partial charge in [-0.3, -0.25) is 4.79 Å². The summed E-state index contributed by atoms with van der Waals surface area (Å²) in [6.45, 7) is 7.31. The van der Waals surface area contributed by atoms with Crippen LogP contribution in [0.4, 0.5) is 0 Å². The molecule has 0 radical (unpaired) electrons. The molecule has 1 aromatic rings. The highest BCUT2D eigenvalue weighted by Gasteiger charge is 2.23. The van der Waals surface area contributed by atoms with Gasteiger partial charge in [-0.25, -0.2) is 0 Å². The van der Waals surface area contributed by atoms with E-state index in [9.17, 15) is 14.8 Å². The fraction of sp³-hybridized carbons (Fsp3) is 0.462. The van der Waals surface area contributed by atoms with Crippen molar-refractivity contribution < 1.29 is 24.3 Å². The van der Waals surface area contributed by atoms with Crippen molar-refractivity contribution in [3.05, 3.63) is 17.7 Å². The molecule has 0 atom stereocenters. The van der Waals surface area contributed by atoms with Crippen LogP contribution in [0.1, 0.15) is 38.1 Å². The normalized spacial score (nSPS) is 10.7. The van der Waals surface area contributed by atoms with Gasteiger partial charge in [0, 0.05) is 11.0 Å². The van der Waals surface area contributed by atoms with Gasteiger partial charge in [0.15, 0.2) is 11.5 Å². The van der Waals surface area contributed by atoms with E-state index >= 15 is 0 Å². The molecule has 1 aromatic carbocycles. The van der Waals surface area contributed by atoms with E-state index in [1.807, 2.05) is 27.7 Å². The van der Waals surface area contributed by atoms with Crippen molar-refractivity contribution >= 4 is 18.9 Å². The molecule has 19 heavy (non-hydrogen) atoms. The fourth-order valence-corrected chi connectivity index (χ4v) is 1.61. The zero-order chi connectivity index (χ0) is 14.6. The molecule has 0 aromatic heterocycles. The lowest BCUT2D eigenvalue weighted by Gasteiger charge is -2.20. The van der Waals surface area contributed by atoms with Gasteiger partial charge in [0.05, 0.1) is 12.2 Å². The number of benzene rings is 1. The predicted octanol–water partition coefficient (Wildman–Crippen LogP) is 0.753. The first-order valence-electron chi connectivity index (χ1n) is 6.17. The van der Waals surface area contributed by atoms with Gasteiger partial charge in [0.2, 0.25) is 0 Å². The minimum Gasteiger partial charge on any atom is -0.487 e. The van der Waals surface area contributed by atoms with Gasteiger partial charge in [-0.15, -0.1) is 0 Å². The quantitative estimate of drug-likeness (QED) is 0.587. The van der Waals surface area contributed by atoms with Gasteiger partial charge in [-0.1, -0.05) is 0 Å². The first-order valence-corrected chi connectivity index (χ1v) is 6.17. The van der Waals surface area contributed by atoms with E-state index in [1.165, 1.54) is 12.1 Å². The average Bonchev–Trinajstić information content (AvgIpc) is 2.29. The van der Waals surface area contributed by atoms with Crippen molar-refractivity contribution in [2.24, 2.45) is 0 Å². The maximum atomic E-state index is 10.9. The SMILES string of the molecule is CC(C)Oc1cc(C=O)cc(B(O)O)c1OC(C)C. The molecule has 6 heteroatoms. The number of carbonyl (C=O) groups excluding carboxylic acids is 1. The smallest absolute Gasteiger partial charge is 0.487 e. The second kappa shape index (κ2) is 6.59. The van der Waals surface area contributed by atoms with Crippen LogP contribution in [0.15, 0.2) is 12.1 Å². The number of hydrogen-bond acceptors (Lipinski definition) is 5. The summed E-state index contributed by atoms with van der Waals surface area (Å²) in [5.41, 5.74) is 0.420. The van der Waals surface area contributed by atoms with Crippen molar-refractivity contribution in [2.45, 2.75) is 39.9 Å². The highest BCUT2D eigenvalue weighted by atomic mass is 16.5. The number of carbonyl (C=O) groups is 1. The zero-order valence-corrected chi connectivity index (χ0v) is 11.6. The van der Waals surface area contributed by atoms with Gasteiger partial charge in [0.25, 0.3) is 0 Å². The van der Waals surface area contributed by atoms with Gasteiger partial charge >= 0.3 is 7.12 Å². The van der Waals surface area contributed by atoms with Crippen molar-refractivity contribution in [3.63, 3.8) is 0 Å². The third-order valence-corrected chi connectivity index (χ3v) is 2.24. The maximum Gasteiger partial charge on any atom is 0.492 e. The number of hydrogen-bond donors (Lipinski definition) is 2. The maximum absolute atomic E-state index is 10.9. The Balaban J connectivity index is 3.37. The van der Waals surface area contributed by atoms with Crippen molar-refractivity contribution in [2.75, 3.05) is 0 Å². The Bertz CT molecular complexity index is 443. The summed E-state index contributed by atoms with van der Waals surface area (Å²) in [5, 5.41) is 18.8. The average molecular weight is 266 g/mol. The summed E-state index contributed by atoms with van der Waals surface area (Å²) in [6.07, 6.45) is 0.340. The van der Waals surface area contributed by atoms with Crippen LogP contribution in [0.2, 0.25) is 0 Å². The van der Waals surface area contributed by atoms with E-state index in [4.69, 9.17) is 9.47 Å². The largest absolute Gasteiger partial charge is 0.492 e. The zero-order valence-electron chi connectivity index (χ0n) is 11.6. The molecule has 0 bridgehead atoms. The van der Waals surface area contributed by atoms with E-state index in [0.717, 1.165) is 0 Å². The molecule has 0 fully saturated rings. The highest BCUT2D eigenvalue weighted by molar-refractivity contribution is 6.60. The Morgan fingerprint density at radius 3 is 2.11 bits per heavy atom. The highest BCUT2D eigenvalue weighted by Crippen LogP contribution is 2.28. The van der Waals surface area contributed by atoms with Gasteiger partial charge in [-0.2, -0.15) is 0 Å². The predicted molar refractivity (Wildman–Crippen MR) is 73.2 cm³/mol. The minimum absolute atomic E-state index is 0.119. The van der Waals surface area contributed by atoms with Crippen LogP contribution in [0.3, 0.4) is 0 Å². The summed E-state index contributed by atoms with van der Waals surface area (Å²) in [6, 6.07) is 2.90. The summed E-state index contributed by atoms with van der Waals surface area (Å²) in [5.74, 6) is 0.584. The van der Waals surface area contributed by atoms with Crippen LogP contribution in [-0.4, -0.2) is 35.7 Å². The van der Waals surface area contributed by atoms with Crippen LogP contribution < -0.4 is 14.9 Å². The number of aldehydes is 1. The second-order valence-corrected chi connectivity index (χ2v) is 4.76. The molecule has 0 aliphatic carbocycles. The lowest BCUT2D eigenvalue weighted by atomic mass is 9.78. The number of rotatable bonds is 6. The molecule has 0 spiro atoms. The summed E-state index contributed by atoms with van der Waals surface area (Å²) in [7, 11) is -1.73. The van der Waals surface area contributed by atoms with E-state index in [0.29, 0.717) is 17.6 Å².